The summed E-state index contributed by atoms with van der Waals surface area (Å²) in [6.45, 7) is 2.72. The van der Waals surface area contributed by atoms with E-state index in [1.807, 2.05) is 75.6 Å². The van der Waals surface area contributed by atoms with E-state index in [0.29, 0.717) is 16.9 Å². The number of hydrogen-bond donors (Lipinski definition) is 0. The maximum absolute atomic E-state index is 13.2. The molecule has 1 unspecified atom stereocenters. The lowest BCUT2D eigenvalue weighted by atomic mass is 9.72. The zero-order valence-corrected chi connectivity index (χ0v) is 21.4. The van der Waals surface area contributed by atoms with E-state index in [0.717, 1.165) is 49.8 Å². The van der Waals surface area contributed by atoms with Gasteiger partial charge in [0.1, 0.15) is 11.4 Å². The summed E-state index contributed by atoms with van der Waals surface area (Å²) < 4.78 is 12.0. The van der Waals surface area contributed by atoms with Gasteiger partial charge < -0.3 is 14.4 Å². The van der Waals surface area contributed by atoms with Gasteiger partial charge >= 0.3 is 11.9 Å². The van der Waals surface area contributed by atoms with E-state index in [9.17, 15) is 9.59 Å². The van der Waals surface area contributed by atoms with Crippen LogP contribution in [0.1, 0.15) is 69.9 Å². The van der Waals surface area contributed by atoms with E-state index in [1.54, 1.807) is 24.3 Å². The molecule has 0 spiro atoms. The van der Waals surface area contributed by atoms with E-state index < -0.39 is 5.60 Å². The van der Waals surface area contributed by atoms with E-state index in [1.165, 1.54) is 0 Å². The summed E-state index contributed by atoms with van der Waals surface area (Å²) in [4.78, 5) is 27.9. The Hall–Kier alpha value is -3.44. The van der Waals surface area contributed by atoms with Crippen molar-refractivity contribution >= 4 is 11.9 Å². The van der Waals surface area contributed by atoms with Crippen LogP contribution in [0.25, 0.3) is 0 Å². The summed E-state index contributed by atoms with van der Waals surface area (Å²) in [5.41, 5.74) is 2.66. The lowest BCUT2D eigenvalue weighted by molar-refractivity contribution is -0.0575. The third-order valence-electron chi connectivity index (χ3n) is 6.97. The highest BCUT2D eigenvalue weighted by atomic mass is 16.6. The molecule has 1 aliphatic carbocycles. The van der Waals surface area contributed by atoms with Crippen molar-refractivity contribution in [2.75, 3.05) is 20.6 Å². The molecule has 1 saturated carbocycles. The Morgan fingerprint density at radius 2 is 1.42 bits per heavy atom. The van der Waals surface area contributed by atoms with Crippen LogP contribution >= 0.6 is 0 Å². The molecule has 3 aromatic rings. The second kappa shape index (κ2) is 11.5. The van der Waals surface area contributed by atoms with Gasteiger partial charge in [0.2, 0.25) is 0 Å². The fraction of sp³-hybridized carbons (Fsp3) is 0.355. The first-order valence-corrected chi connectivity index (χ1v) is 12.7. The molecule has 0 bridgehead atoms. The van der Waals surface area contributed by atoms with Crippen LogP contribution in [0.3, 0.4) is 0 Å². The number of carbonyl (C=O) groups excluding carboxylic acids is 2. The maximum atomic E-state index is 13.2. The van der Waals surface area contributed by atoms with Crippen molar-refractivity contribution in [2.24, 2.45) is 0 Å². The van der Waals surface area contributed by atoms with Crippen molar-refractivity contribution in [3.05, 3.63) is 101 Å². The Morgan fingerprint density at radius 1 is 0.806 bits per heavy atom. The smallest absolute Gasteiger partial charge is 0.343 e. The summed E-state index contributed by atoms with van der Waals surface area (Å²) in [7, 11) is 4.08. The van der Waals surface area contributed by atoms with Gasteiger partial charge in [-0.3, -0.25) is 0 Å². The quantitative estimate of drug-likeness (QED) is 0.272. The van der Waals surface area contributed by atoms with Crippen LogP contribution in [-0.4, -0.2) is 43.1 Å². The van der Waals surface area contributed by atoms with Crippen LogP contribution in [0, 0.1) is 6.92 Å². The molecule has 188 valence electrons. The van der Waals surface area contributed by atoms with Crippen LogP contribution < -0.4 is 4.74 Å². The SMILES string of the molecule is Cc1ccc(C(=O)Oc2ccc(C(CN(C)C)C3(OC(=O)c4ccccc4)CCCCC3)cc2)cc1. The Bertz CT molecular complexity index is 1150. The number of esters is 2. The molecule has 0 saturated heterocycles. The highest BCUT2D eigenvalue weighted by Gasteiger charge is 2.44. The second-order valence-electron chi connectivity index (χ2n) is 10.0. The molecule has 0 aromatic heterocycles. The van der Waals surface area contributed by atoms with Gasteiger partial charge in [-0.15, -0.1) is 0 Å². The standard InChI is InChI=1S/C31H35NO4/c1-23-12-14-26(15-13-23)29(33)35-27-18-16-24(17-19-27)28(22-32(2)3)31(20-8-5-9-21-31)36-30(34)25-10-6-4-7-11-25/h4,6-7,10-19,28H,5,8-9,20-22H2,1-3H3. The Morgan fingerprint density at radius 3 is 2.03 bits per heavy atom. The minimum atomic E-state index is -0.588. The van der Waals surface area contributed by atoms with E-state index >= 15 is 0 Å². The minimum absolute atomic E-state index is 0.0117. The van der Waals surface area contributed by atoms with Gasteiger partial charge in [0.25, 0.3) is 0 Å². The molecule has 0 aliphatic heterocycles. The number of rotatable bonds is 8. The van der Waals surface area contributed by atoms with E-state index in [4.69, 9.17) is 9.47 Å². The molecule has 0 radical (unpaired) electrons. The first-order chi connectivity index (χ1) is 17.4. The van der Waals surface area contributed by atoms with Gasteiger partial charge in [-0.1, -0.05) is 54.4 Å². The molecule has 1 atom stereocenters. The summed E-state index contributed by atoms with van der Waals surface area (Å²) >= 11 is 0. The van der Waals surface area contributed by atoms with Crippen LogP contribution in [0.15, 0.2) is 78.9 Å². The lowest BCUT2D eigenvalue weighted by Crippen LogP contribution is -2.46. The van der Waals surface area contributed by atoms with Gasteiger partial charge in [0, 0.05) is 12.5 Å². The lowest BCUT2D eigenvalue weighted by Gasteiger charge is -2.44. The molecule has 1 aliphatic rings. The summed E-state index contributed by atoms with van der Waals surface area (Å²) in [5.74, 6) is -0.174. The molecule has 4 rings (SSSR count). The molecule has 5 nitrogen and oxygen atoms in total. The van der Waals surface area contributed by atoms with Gasteiger partial charge in [-0.25, -0.2) is 9.59 Å². The first-order valence-electron chi connectivity index (χ1n) is 12.7. The molecule has 36 heavy (non-hydrogen) atoms. The molecule has 0 heterocycles. The van der Waals surface area contributed by atoms with Crippen molar-refractivity contribution < 1.29 is 19.1 Å². The van der Waals surface area contributed by atoms with Crippen molar-refractivity contribution in [3.8, 4) is 5.75 Å². The number of aryl methyl sites for hydroxylation is 1. The average molecular weight is 486 g/mol. The number of carbonyl (C=O) groups is 2. The average Bonchev–Trinajstić information content (AvgIpc) is 2.89. The van der Waals surface area contributed by atoms with Crippen molar-refractivity contribution in [1.29, 1.82) is 0 Å². The Kier molecular flexibility index (Phi) is 8.21. The zero-order valence-electron chi connectivity index (χ0n) is 21.4. The molecule has 0 amide bonds. The number of ether oxygens (including phenoxy) is 2. The predicted molar refractivity (Wildman–Crippen MR) is 142 cm³/mol. The maximum Gasteiger partial charge on any atom is 0.343 e. The summed E-state index contributed by atoms with van der Waals surface area (Å²) in [5, 5.41) is 0. The molecular weight excluding hydrogens is 450 g/mol. The number of hydrogen-bond acceptors (Lipinski definition) is 5. The highest BCUT2D eigenvalue weighted by molar-refractivity contribution is 5.91. The van der Waals surface area contributed by atoms with Gasteiger partial charge in [0.15, 0.2) is 0 Å². The van der Waals surface area contributed by atoms with Crippen molar-refractivity contribution in [3.63, 3.8) is 0 Å². The van der Waals surface area contributed by atoms with E-state index in [2.05, 4.69) is 4.90 Å². The van der Waals surface area contributed by atoms with Crippen LogP contribution in [0.4, 0.5) is 0 Å². The van der Waals surface area contributed by atoms with Crippen LogP contribution in [0.2, 0.25) is 0 Å². The highest BCUT2D eigenvalue weighted by Crippen LogP contribution is 2.44. The molecular formula is C31H35NO4. The summed E-state index contributed by atoms with van der Waals surface area (Å²) in [6.07, 6.45) is 4.85. The van der Waals surface area contributed by atoms with Crippen LogP contribution in [-0.2, 0) is 4.74 Å². The fourth-order valence-electron chi connectivity index (χ4n) is 5.05. The van der Waals surface area contributed by atoms with Crippen molar-refractivity contribution in [2.45, 2.75) is 50.5 Å². The molecule has 1 fully saturated rings. The second-order valence-corrected chi connectivity index (χ2v) is 10.0. The minimum Gasteiger partial charge on any atom is -0.455 e. The van der Waals surface area contributed by atoms with Gasteiger partial charge in [-0.05, 0) is 88.7 Å². The third-order valence-corrected chi connectivity index (χ3v) is 6.97. The Labute approximate surface area is 214 Å². The molecule has 5 heteroatoms. The number of nitrogens with zero attached hydrogens (tertiary/aromatic N) is 1. The van der Waals surface area contributed by atoms with E-state index in [-0.39, 0.29) is 17.9 Å². The van der Waals surface area contributed by atoms with Gasteiger partial charge in [-0.2, -0.15) is 0 Å². The molecule has 3 aromatic carbocycles. The Balaban J connectivity index is 1.58. The van der Waals surface area contributed by atoms with Gasteiger partial charge in [0.05, 0.1) is 11.1 Å². The predicted octanol–water partition coefficient (Wildman–Crippen LogP) is 6.42. The normalized spacial score (nSPS) is 15.8. The number of benzene rings is 3. The molecule has 0 N–H and O–H groups in total. The first kappa shape index (κ1) is 25.6. The third kappa shape index (κ3) is 6.21. The monoisotopic (exact) mass is 485 g/mol. The zero-order chi connectivity index (χ0) is 25.5. The number of likely N-dealkylation sites (N-methyl/N-ethyl adjacent to an activating group) is 1. The van der Waals surface area contributed by atoms with Crippen molar-refractivity contribution in [1.82, 2.24) is 4.90 Å². The summed E-state index contributed by atoms with van der Waals surface area (Å²) in [6, 6.07) is 24.2. The fourth-order valence-corrected chi connectivity index (χ4v) is 5.05. The van der Waals surface area contributed by atoms with Crippen LogP contribution in [0.5, 0.6) is 5.75 Å². The largest absolute Gasteiger partial charge is 0.455 e. The topological polar surface area (TPSA) is 55.8 Å².